The van der Waals surface area contributed by atoms with Crippen LogP contribution >= 0.6 is 0 Å². The number of fused-ring (bicyclic) bond motifs is 2. The molecule has 5 N–H and O–H groups in total. The van der Waals surface area contributed by atoms with Gasteiger partial charge in [-0.2, -0.15) is 0 Å². The zero-order valence-corrected chi connectivity index (χ0v) is 28.6. The van der Waals surface area contributed by atoms with Crippen LogP contribution in [-0.2, 0) is 33.5 Å². The van der Waals surface area contributed by atoms with Crippen LogP contribution in [0.5, 0.6) is 0 Å². The Morgan fingerprint density at radius 3 is 2.47 bits per heavy atom. The summed E-state index contributed by atoms with van der Waals surface area (Å²) in [5, 5.41) is 20.3. The van der Waals surface area contributed by atoms with Crippen molar-refractivity contribution < 1.29 is 38.6 Å². The zero-order valence-electron chi connectivity index (χ0n) is 28.6. The van der Waals surface area contributed by atoms with E-state index in [0.29, 0.717) is 19.5 Å². The second-order valence-corrected chi connectivity index (χ2v) is 11.9. The van der Waals surface area contributed by atoms with E-state index in [4.69, 9.17) is 14.3 Å². The van der Waals surface area contributed by atoms with Gasteiger partial charge in [-0.3, -0.25) is 19.2 Å². The normalized spacial score (nSPS) is 29.8. The molecule has 2 rings (SSSR count). The number of hydroxylamine groups is 1. The number of rotatable bonds is 12. The molecule has 1 aliphatic carbocycles. The fraction of sp³-hybridized carbons (Fsp3) is 0.543. The second kappa shape index (κ2) is 20.5. The first-order valence-electron chi connectivity index (χ1n) is 16.0. The molecule has 1 aliphatic heterocycles. The number of nitrogens with one attached hydrogen (secondary N) is 4. The summed E-state index contributed by atoms with van der Waals surface area (Å²) in [6.45, 7) is 11.5. The highest BCUT2D eigenvalue weighted by molar-refractivity contribution is 6.23. The summed E-state index contributed by atoms with van der Waals surface area (Å²) in [7, 11) is 3.01. The smallest absolute Gasteiger partial charge is 0.312 e. The molecule has 0 radical (unpaired) electrons. The maximum Gasteiger partial charge on any atom is 0.312 e. The van der Waals surface area contributed by atoms with Gasteiger partial charge >= 0.3 is 6.47 Å². The monoisotopic (exact) mass is 656 g/mol. The highest BCUT2D eigenvalue weighted by Gasteiger charge is 2.33. The van der Waals surface area contributed by atoms with Gasteiger partial charge in [0.2, 0.25) is 11.6 Å². The second-order valence-electron chi connectivity index (χ2n) is 11.9. The van der Waals surface area contributed by atoms with Crippen molar-refractivity contribution in [3.05, 3.63) is 70.6 Å². The van der Waals surface area contributed by atoms with E-state index in [0.717, 1.165) is 24.6 Å². The van der Waals surface area contributed by atoms with Crippen molar-refractivity contribution in [2.75, 3.05) is 33.9 Å². The molecule has 0 fully saturated rings. The molecule has 47 heavy (non-hydrogen) atoms. The fourth-order valence-corrected chi connectivity index (χ4v) is 5.48. The summed E-state index contributed by atoms with van der Waals surface area (Å²) in [6.07, 6.45) is 11.1. The zero-order chi connectivity index (χ0) is 34.9. The van der Waals surface area contributed by atoms with Crippen molar-refractivity contribution in [3.8, 4) is 0 Å². The molecule has 0 aromatic carbocycles. The SMILES string of the molecule is CCCNC/C=C/CNC1=C2CC(C)CC(OC)C(O)C(C)/C=C(\C)C(NOC=O)C(OC)/C=C\C=C(/C)C(=O)NC(=CC1=O)C2=O. The van der Waals surface area contributed by atoms with Crippen LogP contribution in [0.25, 0.3) is 0 Å². The van der Waals surface area contributed by atoms with E-state index in [1.807, 2.05) is 39.0 Å². The van der Waals surface area contributed by atoms with E-state index < -0.39 is 41.8 Å². The van der Waals surface area contributed by atoms with Crippen LogP contribution in [0.2, 0.25) is 0 Å². The molecule has 0 aromatic heterocycles. The van der Waals surface area contributed by atoms with Crippen molar-refractivity contribution in [1.82, 2.24) is 21.4 Å². The molecule has 2 bridgehead atoms. The van der Waals surface area contributed by atoms with E-state index >= 15 is 0 Å². The van der Waals surface area contributed by atoms with Crippen LogP contribution in [-0.4, -0.2) is 87.3 Å². The predicted octanol–water partition coefficient (Wildman–Crippen LogP) is 2.49. The topological polar surface area (TPSA) is 164 Å². The Kier molecular flexibility index (Phi) is 17.3. The minimum atomic E-state index is -0.925. The highest BCUT2D eigenvalue weighted by atomic mass is 16.7. The first kappa shape index (κ1) is 39.5. The van der Waals surface area contributed by atoms with Gasteiger partial charge < -0.3 is 35.4 Å². The lowest BCUT2D eigenvalue weighted by atomic mass is 9.85. The summed E-state index contributed by atoms with van der Waals surface area (Å²) in [5.74, 6) is -1.99. The molecular formula is C35H52N4O8. The van der Waals surface area contributed by atoms with Crippen LogP contribution < -0.4 is 21.4 Å². The Labute approximate surface area is 278 Å². The fourth-order valence-electron chi connectivity index (χ4n) is 5.48. The number of aliphatic hydroxyl groups is 1. The molecule has 1 amide bonds. The third-order valence-corrected chi connectivity index (χ3v) is 8.12. The number of ketones is 2. The van der Waals surface area contributed by atoms with Crippen LogP contribution in [0.4, 0.5) is 0 Å². The number of carbonyl (C=O) groups is 4. The van der Waals surface area contributed by atoms with Gasteiger partial charge in [0.05, 0.1) is 35.7 Å². The van der Waals surface area contributed by atoms with Crippen molar-refractivity contribution >= 4 is 23.9 Å². The minimum Gasteiger partial charge on any atom is -0.390 e. The number of hydrogen-bond acceptors (Lipinski definition) is 11. The lowest BCUT2D eigenvalue weighted by Crippen LogP contribution is -2.41. The number of allylic oxidation sites excluding steroid dienone is 4. The van der Waals surface area contributed by atoms with Crippen molar-refractivity contribution in [2.24, 2.45) is 11.8 Å². The molecule has 0 saturated carbocycles. The van der Waals surface area contributed by atoms with Crippen LogP contribution in [0.3, 0.4) is 0 Å². The first-order valence-corrected chi connectivity index (χ1v) is 16.0. The molecule has 12 nitrogen and oxygen atoms in total. The van der Waals surface area contributed by atoms with Crippen LogP contribution in [0.15, 0.2) is 70.6 Å². The Morgan fingerprint density at radius 1 is 1.09 bits per heavy atom. The van der Waals surface area contributed by atoms with Crippen LogP contribution in [0, 0.1) is 11.8 Å². The van der Waals surface area contributed by atoms with Crippen molar-refractivity contribution in [2.45, 2.75) is 78.2 Å². The largest absolute Gasteiger partial charge is 0.390 e. The van der Waals surface area contributed by atoms with Gasteiger partial charge in [0.15, 0.2) is 0 Å². The van der Waals surface area contributed by atoms with Gasteiger partial charge in [0.1, 0.15) is 0 Å². The van der Waals surface area contributed by atoms with E-state index in [1.54, 1.807) is 25.2 Å². The molecule has 6 unspecified atom stereocenters. The van der Waals surface area contributed by atoms with E-state index in [1.165, 1.54) is 14.2 Å². The number of aliphatic hydroxyl groups excluding tert-OH is 1. The third-order valence-electron chi connectivity index (χ3n) is 8.12. The molecule has 2 aliphatic rings. The van der Waals surface area contributed by atoms with Crippen molar-refractivity contribution in [1.29, 1.82) is 0 Å². The van der Waals surface area contributed by atoms with E-state index in [-0.39, 0.29) is 47.3 Å². The Bertz CT molecular complexity index is 1280. The molecule has 0 saturated heterocycles. The maximum absolute atomic E-state index is 13.8. The average molecular weight is 657 g/mol. The molecule has 260 valence electrons. The molecule has 0 aromatic rings. The number of carbonyl (C=O) groups excluding carboxylic acids is 4. The van der Waals surface area contributed by atoms with Crippen LogP contribution in [0.1, 0.15) is 53.9 Å². The predicted molar refractivity (Wildman–Crippen MR) is 179 cm³/mol. The Morgan fingerprint density at radius 2 is 1.81 bits per heavy atom. The summed E-state index contributed by atoms with van der Waals surface area (Å²) < 4.78 is 11.4. The summed E-state index contributed by atoms with van der Waals surface area (Å²) in [4.78, 5) is 56.1. The standard InChI is InChI=1S/C35H52N4O8/c1-8-14-36-15-9-10-16-37-32-26-17-22(2)18-30(46-7)33(42)25(5)19-24(4)31(39-47-21-40)29(45-6)13-11-12-23(3)35(44)38-27(34(26)43)20-28(32)41/h9-13,19-22,25,29-31,33,36-37,39,42H,8,14-18H2,1-7H3,(H,38,44)/b10-9+,13-11-,23-12+,24-19+. The molecule has 1 heterocycles. The van der Waals surface area contributed by atoms with E-state index in [2.05, 4.69) is 28.4 Å². The lowest BCUT2D eigenvalue weighted by Gasteiger charge is -2.30. The van der Waals surface area contributed by atoms with Gasteiger partial charge in [0, 0.05) is 50.4 Å². The lowest BCUT2D eigenvalue weighted by molar-refractivity contribution is -0.138. The summed E-state index contributed by atoms with van der Waals surface area (Å²) in [5.41, 5.74) is 4.04. The molecule has 12 heteroatoms. The average Bonchev–Trinajstić information content (AvgIpc) is 3.04. The Balaban J connectivity index is 2.53. The highest BCUT2D eigenvalue weighted by Crippen LogP contribution is 2.28. The number of ether oxygens (including phenoxy) is 2. The molecular weight excluding hydrogens is 604 g/mol. The third kappa shape index (κ3) is 12.1. The van der Waals surface area contributed by atoms with Gasteiger partial charge in [-0.05, 0) is 45.6 Å². The number of Topliss-reactive ketones (excluding diaryl/α,β-unsaturated/α-hetero) is 1. The minimum absolute atomic E-state index is 0.108. The summed E-state index contributed by atoms with van der Waals surface area (Å²) in [6, 6.07) is -0.617. The van der Waals surface area contributed by atoms with Gasteiger partial charge in [0.25, 0.3) is 5.91 Å². The maximum atomic E-state index is 13.8. The molecule has 6 atom stereocenters. The van der Waals surface area contributed by atoms with Crippen molar-refractivity contribution in [3.63, 3.8) is 0 Å². The summed E-state index contributed by atoms with van der Waals surface area (Å²) >= 11 is 0. The number of hydrogen-bond donors (Lipinski definition) is 5. The Hall–Kier alpha value is -3.68. The van der Waals surface area contributed by atoms with E-state index in [9.17, 15) is 24.3 Å². The number of methoxy groups -OCH3 is 2. The van der Waals surface area contributed by atoms with Gasteiger partial charge in [-0.25, -0.2) is 0 Å². The quantitative estimate of drug-likeness (QED) is 0.0689. The van der Waals surface area contributed by atoms with Gasteiger partial charge in [-0.1, -0.05) is 62.8 Å². The molecule has 0 spiro atoms. The first-order chi connectivity index (χ1) is 22.5. The van der Waals surface area contributed by atoms with Gasteiger partial charge in [-0.15, -0.1) is 5.48 Å². The number of amides is 1.